The number of para-hydroxylation sites is 1. The first kappa shape index (κ1) is 12.7. The number of aromatic nitrogens is 1. The van der Waals surface area contributed by atoms with Crippen molar-refractivity contribution in [2.24, 2.45) is 0 Å². The zero-order valence-corrected chi connectivity index (χ0v) is 12.3. The second-order valence-corrected chi connectivity index (χ2v) is 6.33. The molecule has 0 fully saturated rings. The molecule has 0 bridgehead atoms. The Bertz CT molecular complexity index is 699. The molecule has 4 heteroatoms. The molecule has 98 valence electrons. The zero-order chi connectivity index (χ0) is 13.2. The highest BCUT2D eigenvalue weighted by Crippen LogP contribution is 2.25. The number of nitrogens with one attached hydrogen (secondary N) is 1. The van der Waals surface area contributed by atoms with E-state index in [0.717, 1.165) is 17.4 Å². The van der Waals surface area contributed by atoms with E-state index in [4.69, 9.17) is 11.6 Å². The largest absolute Gasteiger partial charge is 0.342 e. The average molecular weight is 291 g/mol. The van der Waals surface area contributed by atoms with Gasteiger partial charge in [-0.2, -0.15) is 0 Å². The summed E-state index contributed by atoms with van der Waals surface area (Å²) in [6, 6.07) is 12.7. The molecular formula is C15H15ClN2S. The maximum Gasteiger partial charge on any atom is 0.0931 e. The summed E-state index contributed by atoms with van der Waals surface area (Å²) in [5.74, 6) is 0. The molecule has 2 aromatic heterocycles. The van der Waals surface area contributed by atoms with E-state index >= 15 is 0 Å². The van der Waals surface area contributed by atoms with Crippen molar-refractivity contribution in [2.75, 3.05) is 7.05 Å². The fourth-order valence-corrected chi connectivity index (χ4v) is 3.50. The van der Waals surface area contributed by atoms with Gasteiger partial charge in [-0.15, -0.1) is 11.3 Å². The number of fused-ring (bicyclic) bond motifs is 1. The monoisotopic (exact) mass is 290 g/mol. The van der Waals surface area contributed by atoms with Gasteiger partial charge in [0.1, 0.15) is 0 Å². The minimum Gasteiger partial charge on any atom is -0.342 e. The topological polar surface area (TPSA) is 17.0 Å². The van der Waals surface area contributed by atoms with Gasteiger partial charge in [-0.3, -0.25) is 0 Å². The lowest BCUT2D eigenvalue weighted by molar-refractivity contribution is 0.801. The molecule has 3 rings (SSSR count). The van der Waals surface area contributed by atoms with Crippen LogP contribution in [0.15, 0.2) is 42.6 Å². The van der Waals surface area contributed by atoms with E-state index < -0.39 is 0 Å². The third-order valence-corrected chi connectivity index (χ3v) is 4.41. The quantitative estimate of drug-likeness (QED) is 0.765. The zero-order valence-electron chi connectivity index (χ0n) is 10.7. The Balaban J connectivity index is 2.03. The van der Waals surface area contributed by atoms with Crippen molar-refractivity contribution in [3.63, 3.8) is 0 Å². The van der Waals surface area contributed by atoms with E-state index in [-0.39, 0.29) is 0 Å². The van der Waals surface area contributed by atoms with E-state index in [2.05, 4.69) is 46.4 Å². The molecule has 0 aliphatic carbocycles. The molecule has 2 nitrogen and oxygen atoms in total. The highest BCUT2D eigenvalue weighted by atomic mass is 35.5. The number of thiophene rings is 1. The standard InChI is InChI=1S/C15H15ClN2S/c1-17-9-12-4-2-3-11-7-8-18(15(11)12)10-13-5-6-14(16)19-13/h2-8,17H,9-10H2,1H3. The van der Waals surface area contributed by atoms with Crippen LogP contribution in [0.5, 0.6) is 0 Å². The van der Waals surface area contributed by atoms with Crippen LogP contribution in [-0.4, -0.2) is 11.6 Å². The van der Waals surface area contributed by atoms with Gasteiger partial charge in [-0.1, -0.05) is 29.8 Å². The Kier molecular flexibility index (Phi) is 3.60. The SMILES string of the molecule is CNCc1cccc2ccn(Cc3ccc(Cl)s3)c12. The third-order valence-electron chi connectivity index (χ3n) is 3.19. The van der Waals surface area contributed by atoms with Gasteiger partial charge in [0.25, 0.3) is 0 Å². The first-order chi connectivity index (χ1) is 9.28. The first-order valence-corrected chi connectivity index (χ1v) is 7.43. The molecule has 0 radical (unpaired) electrons. The summed E-state index contributed by atoms with van der Waals surface area (Å²) in [5.41, 5.74) is 2.63. The predicted octanol–water partition coefficient (Wildman–Crippen LogP) is 4.12. The molecule has 1 aromatic carbocycles. The van der Waals surface area contributed by atoms with Crippen LogP contribution in [0.4, 0.5) is 0 Å². The maximum atomic E-state index is 6.00. The van der Waals surface area contributed by atoms with E-state index in [1.54, 1.807) is 11.3 Å². The summed E-state index contributed by atoms with van der Waals surface area (Å²) in [4.78, 5) is 1.28. The summed E-state index contributed by atoms with van der Waals surface area (Å²) < 4.78 is 3.14. The highest BCUT2D eigenvalue weighted by molar-refractivity contribution is 7.16. The lowest BCUT2D eigenvalue weighted by Crippen LogP contribution is -2.07. The second kappa shape index (κ2) is 5.37. The Hall–Kier alpha value is -1.29. The van der Waals surface area contributed by atoms with Crippen molar-refractivity contribution in [1.29, 1.82) is 0 Å². The van der Waals surface area contributed by atoms with E-state index in [1.165, 1.54) is 21.3 Å². The van der Waals surface area contributed by atoms with Crippen molar-refractivity contribution in [2.45, 2.75) is 13.1 Å². The van der Waals surface area contributed by atoms with Gasteiger partial charge in [-0.05, 0) is 36.2 Å². The highest BCUT2D eigenvalue weighted by Gasteiger charge is 2.07. The van der Waals surface area contributed by atoms with Crippen molar-refractivity contribution in [3.8, 4) is 0 Å². The number of halogens is 1. The van der Waals surface area contributed by atoms with Crippen LogP contribution >= 0.6 is 22.9 Å². The van der Waals surface area contributed by atoms with Crippen LogP contribution in [0.3, 0.4) is 0 Å². The Labute approximate surface area is 121 Å². The summed E-state index contributed by atoms with van der Waals surface area (Å²) >= 11 is 7.64. The lowest BCUT2D eigenvalue weighted by atomic mass is 10.1. The molecule has 0 amide bonds. The van der Waals surface area contributed by atoms with Gasteiger partial charge in [-0.25, -0.2) is 0 Å². The Morgan fingerprint density at radius 2 is 2.11 bits per heavy atom. The number of rotatable bonds is 4. The Morgan fingerprint density at radius 1 is 1.21 bits per heavy atom. The number of benzene rings is 1. The minimum absolute atomic E-state index is 0.849. The predicted molar refractivity (Wildman–Crippen MR) is 83.1 cm³/mol. The molecule has 19 heavy (non-hydrogen) atoms. The lowest BCUT2D eigenvalue weighted by Gasteiger charge is -2.08. The molecule has 0 saturated carbocycles. The first-order valence-electron chi connectivity index (χ1n) is 6.23. The molecule has 0 spiro atoms. The Morgan fingerprint density at radius 3 is 2.84 bits per heavy atom. The van der Waals surface area contributed by atoms with Gasteiger partial charge in [0.05, 0.1) is 16.4 Å². The van der Waals surface area contributed by atoms with Gasteiger partial charge in [0.15, 0.2) is 0 Å². The minimum atomic E-state index is 0.849. The summed E-state index contributed by atoms with van der Waals surface area (Å²) in [5, 5.41) is 4.52. The number of hydrogen-bond acceptors (Lipinski definition) is 2. The van der Waals surface area contributed by atoms with Crippen LogP contribution in [0.1, 0.15) is 10.4 Å². The normalized spacial score (nSPS) is 11.3. The summed E-state index contributed by atoms with van der Waals surface area (Å²) in [6.07, 6.45) is 2.15. The van der Waals surface area contributed by atoms with E-state index in [0.29, 0.717) is 0 Å². The fraction of sp³-hybridized carbons (Fsp3) is 0.200. The van der Waals surface area contributed by atoms with Crippen molar-refractivity contribution in [3.05, 3.63) is 57.4 Å². The third kappa shape index (κ3) is 2.54. The van der Waals surface area contributed by atoms with Crippen LogP contribution in [0, 0.1) is 0 Å². The second-order valence-electron chi connectivity index (χ2n) is 4.53. The van der Waals surface area contributed by atoms with Crippen LogP contribution in [0.2, 0.25) is 4.34 Å². The molecular weight excluding hydrogens is 276 g/mol. The average Bonchev–Trinajstić information content (AvgIpc) is 2.98. The van der Waals surface area contributed by atoms with Crippen LogP contribution in [0.25, 0.3) is 10.9 Å². The molecule has 0 unspecified atom stereocenters. The number of nitrogens with zero attached hydrogens (tertiary/aromatic N) is 1. The molecule has 0 atom stereocenters. The molecule has 2 heterocycles. The van der Waals surface area contributed by atoms with Crippen molar-refractivity contribution >= 4 is 33.8 Å². The van der Waals surface area contributed by atoms with Crippen LogP contribution < -0.4 is 5.32 Å². The van der Waals surface area contributed by atoms with Crippen molar-refractivity contribution in [1.82, 2.24) is 9.88 Å². The van der Waals surface area contributed by atoms with Gasteiger partial charge in [0, 0.05) is 17.6 Å². The molecule has 0 saturated heterocycles. The fourth-order valence-electron chi connectivity index (χ4n) is 2.41. The number of hydrogen-bond donors (Lipinski definition) is 1. The van der Waals surface area contributed by atoms with Crippen LogP contribution in [-0.2, 0) is 13.1 Å². The summed E-state index contributed by atoms with van der Waals surface area (Å²) in [6.45, 7) is 1.76. The molecule has 0 aliphatic rings. The van der Waals surface area contributed by atoms with Gasteiger partial charge in [0.2, 0.25) is 0 Å². The molecule has 1 N–H and O–H groups in total. The van der Waals surface area contributed by atoms with Gasteiger partial charge >= 0.3 is 0 Å². The maximum absolute atomic E-state index is 6.00. The van der Waals surface area contributed by atoms with E-state index in [9.17, 15) is 0 Å². The van der Waals surface area contributed by atoms with Crippen molar-refractivity contribution < 1.29 is 0 Å². The summed E-state index contributed by atoms with van der Waals surface area (Å²) in [7, 11) is 1.98. The smallest absolute Gasteiger partial charge is 0.0931 e. The van der Waals surface area contributed by atoms with E-state index in [1.807, 2.05) is 13.1 Å². The van der Waals surface area contributed by atoms with Gasteiger partial charge < -0.3 is 9.88 Å². The molecule has 3 aromatic rings. The molecule has 0 aliphatic heterocycles.